The third-order valence-electron chi connectivity index (χ3n) is 4.96. The minimum absolute atomic E-state index is 0.0229. The van der Waals surface area contributed by atoms with Gasteiger partial charge in [0.1, 0.15) is 12.4 Å². The maximum Gasteiger partial charge on any atom is 0.243 e. The van der Waals surface area contributed by atoms with Crippen LogP contribution in [0.15, 0.2) is 53.7 Å². The summed E-state index contributed by atoms with van der Waals surface area (Å²) < 4.78 is 34.1. The monoisotopic (exact) mass is 398 g/mol. The van der Waals surface area contributed by atoms with Gasteiger partial charge in [-0.2, -0.15) is 4.31 Å². The molecule has 0 amide bonds. The van der Waals surface area contributed by atoms with Gasteiger partial charge in [-0.1, -0.05) is 31.2 Å². The number of nitrogens with zero attached hydrogens (tertiary/aromatic N) is 2. The lowest BCUT2D eigenvalue weighted by Gasteiger charge is -2.33. The summed E-state index contributed by atoms with van der Waals surface area (Å²) in [5, 5.41) is 0. The Labute approximate surface area is 167 Å². The van der Waals surface area contributed by atoms with Crippen LogP contribution in [0.2, 0.25) is 0 Å². The third-order valence-corrected chi connectivity index (χ3v) is 6.87. The lowest BCUT2D eigenvalue weighted by molar-refractivity contribution is 0.247. The van der Waals surface area contributed by atoms with Gasteiger partial charge >= 0.3 is 0 Å². The van der Waals surface area contributed by atoms with Crippen molar-refractivity contribution in [3.05, 3.63) is 54.4 Å². The maximum absolute atomic E-state index is 13.5. The molecule has 0 bridgehead atoms. The summed E-state index contributed by atoms with van der Waals surface area (Å²) in [7, 11) is -3.62. The molecule has 0 unspecified atom stereocenters. The molecule has 148 valence electrons. The highest BCUT2D eigenvalue weighted by Crippen LogP contribution is 2.30. The molecule has 1 aliphatic carbocycles. The smallest absolute Gasteiger partial charge is 0.243 e. The highest BCUT2D eigenvalue weighted by Gasteiger charge is 2.32. The first-order valence-corrected chi connectivity index (χ1v) is 11.1. The molecule has 3 rings (SSSR count). The van der Waals surface area contributed by atoms with Gasteiger partial charge in [0.15, 0.2) is 0 Å². The van der Waals surface area contributed by atoms with E-state index in [0.717, 1.165) is 31.2 Å². The molecule has 28 heavy (non-hydrogen) atoms. The third kappa shape index (κ3) is 5.12. The van der Waals surface area contributed by atoms with Crippen molar-refractivity contribution in [1.29, 1.82) is 0 Å². The van der Waals surface area contributed by atoms with Gasteiger partial charge in [-0.3, -0.25) is 4.98 Å². The lowest BCUT2D eigenvalue weighted by atomic mass is 9.95. The fourth-order valence-electron chi connectivity index (χ4n) is 3.49. The number of sulfonamides is 1. The zero-order chi connectivity index (χ0) is 19.8. The molecule has 0 radical (unpaired) electrons. The summed E-state index contributed by atoms with van der Waals surface area (Å²) >= 11 is 0. The van der Waals surface area contributed by atoms with Crippen molar-refractivity contribution in [2.75, 3.05) is 6.61 Å². The van der Waals surface area contributed by atoms with Gasteiger partial charge in [0, 0.05) is 25.0 Å². The number of hydrogen-bond donors (Lipinski definition) is 0. The number of pyridine rings is 1. The molecular weight excluding hydrogens is 372 g/mol. The van der Waals surface area contributed by atoms with Gasteiger partial charge in [0.05, 0.1) is 4.90 Å². The van der Waals surface area contributed by atoms with Gasteiger partial charge < -0.3 is 4.74 Å². The number of rotatable bonds is 7. The maximum atomic E-state index is 13.5. The van der Waals surface area contributed by atoms with Crippen LogP contribution in [-0.4, -0.2) is 30.4 Å². The van der Waals surface area contributed by atoms with Crippen molar-refractivity contribution < 1.29 is 13.2 Å². The second-order valence-corrected chi connectivity index (χ2v) is 8.78. The number of hydrogen-bond acceptors (Lipinski definition) is 4. The van der Waals surface area contributed by atoms with Crippen molar-refractivity contribution in [2.24, 2.45) is 0 Å². The lowest BCUT2D eigenvalue weighted by Crippen LogP contribution is -2.40. The van der Waals surface area contributed by atoms with Crippen LogP contribution in [0.3, 0.4) is 0 Å². The normalized spacial score (nSPS) is 15.1. The van der Waals surface area contributed by atoms with Crippen molar-refractivity contribution >= 4 is 10.0 Å². The van der Waals surface area contributed by atoms with Gasteiger partial charge in [0.2, 0.25) is 10.0 Å². The first-order valence-electron chi connectivity index (χ1n) is 9.64. The quantitative estimate of drug-likeness (QED) is 0.661. The molecule has 0 saturated heterocycles. The van der Waals surface area contributed by atoms with E-state index in [0.29, 0.717) is 12.3 Å². The number of ether oxygens (including phenoxy) is 1. The summed E-state index contributed by atoms with van der Waals surface area (Å²) in [6.07, 6.45) is 8.53. The van der Waals surface area contributed by atoms with Crippen molar-refractivity contribution in [3.8, 4) is 17.6 Å². The Kier molecular flexibility index (Phi) is 7.07. The highest BCUT2D eigenvalue weighted by molar-refractivity contribution is 7.89. The first kappa shape index (κ1) is 20.4. The average molecular weight is 399 g/mol. The van der Waals surface area contributed by atoms with Gasteiger partial charge in [-0.25, -0.2) is 8.42 Å². The van der Waals surface area contributed by atoms with Gasteiger partial charge in [-0.05, 0) is 55.7 Å². The molecule has 6 heteroatoms. The molecule has 0 N–H and O–H groups in total. The minimum Gasteiger partial charge on any atom is -0.481 e. The zero-order valence-electron chi connectivity index (χ0n) is 16.2. The SMILES string of the molecule is CC#CCOc1ccc(S(=O)(=O)N(Cc2cccnc2)C2CCCCC2)cc1. The van der Waals surface area contributed by atoms with E-state index in [1.54, 1.807) is 47.9 Å². The van der Waals surface area contributed by atoms with Crippen LogP contribution in [0.5, 0.6) is 5.75 Å². The molecule has 0 spiro atoms. The van der Waals surface area contributed by atoms with Crippen LogP contribution >= 0.6 is 0 Å². The second kappa shape index (κ2) is 9.72. The molecule has 0 aliphatic heterocycles. The molecule has 1 heterocycles. The van der Waals surface area contributed by atoms with E-state index in [4.69, 9.17) is 4.74 Å². The molecule has 1 aliphatic rings. The molecular formula is C22H26N2O3S. The molecule has 1 saturated carbocycles. The molecule has 1 aromatic carbocycles. The Morgan fingerprint density at radius 1 is 1.14 bits per heavy atom. The van der Waals surface area contributed by atoms with E-state index >= 15 is 0 Å². The predicted molar refractivity (Wildman–Crippen MR) is 109 cm³/mol. The average Bonchev–Trinajstić information content (AvgIpc) is 2.74. The van der Waals surface area contributed by atoms with E-state index in [2.05, 4.69) is 16.8 Å². The molecule has 0 atom stereocenters. The van der Waals surface area contributed by atoms with Crippen molar-refractivity contribution in [3.63, 3.8) is 0 Å². The largest absolute Gasteiger partial charge is 0.481 e. The fraction of sp³-hybridized carbons (Fsp3) is 0.409. The van der Waals surface area contributed by atoms with E-state index in [9.17, 15) is 8.42 Å². The standard InChI is InChI=1S/C22H26N2O3S/c1-2-3-16-27-21-11-13-22(14-12-21)28(25,26)24(20-9-5-4-6-10-20)18-19-8-7-15-23-17-19/h7-8,11-15,17,20H,4-6,9-10,16,18H2,1H3. The van der Waals surface area contributed by atoms with Gasteiger partial charge in [-0.15, -0.1) is 5.92 Å². The molecule has 2 aromatic rings. The minimum atomic E-state index is -3.62. The molecule has 1 fully saturated rings. The molecule has 5 nitrogen and oxygen atoms in total. The Morgan fingerprint density at radius 2 is 1.89 bits per heavy atom. The Balaban J connectivity index is 1.85. The summed E-state index contributed by atoms with van der Waals surface area (Å²) in [6, 6.07) is 10.4. The van der Waals surface area contributed by atoms with Crippen LogP contribution in [0.1, 0.15) is 44.6 Å². The summed E-state index contributed by atoms with van der Waals surface area (Å²) in [5.74, 6) is 6.20. The van der Waals surface area contributed by atoms with Crippen molar-refractivity contribution in [2.45, 2.75) is 56.5 Å². The van der Waals surface area contributed by atoms with Crippen LogP contribution in [-0.2, 0) is 16.6 Å². The molecule has 1 aromatic heterocycles. The number of aromatic nitrogens is 1. The van der Waals surface area contributed by atoms with Crippen LogP contribution < -0.4 is 4.74 Å². The van der Waals surface area contributed by atoms with E-state index < -0.39 is 10.0 Å². The van der Waals surface area contributed by atoms with Crippen molar-refractivity contribution in [1.82, 2.24) is 9.29 Å². The highest BCUT2D eigenvalue weighted by atomic mass is 32.2. The van der Waals surface area contributed by atoms with Gasteiger partial charge in [0.25, 0.3) is 0 Å². The summed E-state index contributed by atoms with van der Waals surface area (Å²) in [6.45, 7) is 2.38. The van der Waals surface area contributed by atoms with Crippen LogP contribution in [0.25, 0.3) is 0 Å². The topological polar surface area (TPSA) is 59.5 Å². The fourth-order valence-corrected chi connectivity index (χ4v) is 5.16. The first-order chi connectivity index (χ1) is 13.6. The summed E-state index contributed by atoms with van der Waals surface area (Å²) in [5.41, 5.74) is 0.898. The van der Waals surface area contributed by atoms with Crippen LogP contribution in [0.4, 0.5) is 0 Å². The zero-order valence-corrected chi connectivity index (χ0v) is 17.0. The Morgan fingerprint density at radius 3 is 2.54 bits per heavy atom. The second-order valence-electron chi connectivity index (χ2n) is 6.89. The van der Waals surface area contributed by atoms with Crippen LogP contribution in [0, 0.1) is 11.8 Å². The Hall–Kier alpha value is -2.36. The Bertz CT molecular complexity index is 910. The number of benzene rings is 1. The van der Waals surface area contributed by atoms with E-state index in [1.165, 1.54) is 6.42 Å². The predicted octanol–water partition coefficient (Wildman–Crippen LogP) is 4.01. The summed E-state index contributed by atoms with van der Waals surface area (Å²) in [4.78, 5) is 4.42. The van der Waals surface area contributed by atoms with E-state index in [-0.39, 0.29) is 17.5 Å². The van der Waals surface area contributed by atoms with E-state index in [1.807, 2.05) is 12.1 Å².